The molecule has 20 heavy (non-hydrogen) atoms. The second-order valence-corrected chi connectivity index (χ2v) is 4.68. The number of hydrogen-bond donors (Lipinski definition) is 0. The highest BCUT2D eigenvalue weighted by Gasteiger charge is 2.12. The fourth-order valence-electron chi connectivity index (χ4n) is 1.79. The van der Waals surface area contributed by atoms with Gasteiger partial charge in [-0.25, -0.2) is 0 Å². The van der Waals surface area contributed by atoms with Gasteiger partial charge in [-0.3, -0.25) is 0 Å². The van der Waals surface area contributed by atoms with Crippen LogP contribution in [0.3, 0.4) is 0 Å². The van der Waals surface area contributed by atoms with Crippen LogP contribution in [0.2, 0.25) is 5.02 Å². The molecule has 102 valence electrons. The first kappa shape index (κ1) is 12.8. The summed E-state index contributed by atoms with van der Waals surface area (Å²) in [6, 6.07) is 13.0. The summed E-state index contributed by atoms with van der Waals surface area (Å²) in [5.41, 5.74) is 1.91. The lowest BCUT2D eigenvalue weighted by Crippen LogP contribution is -1.93. The Morgan fingerprint density at radius 3 is 2.75 bits per heavy atom. The lowest BCUT2D eigenvalue weighted by atomic mass is 10.2. The van der Waals surface area contributed by atoms with Gasteiger partial charge in [0.05, 0.1) is 6.21 Å². The van der Waals surface area contributed by atoms with Crippen molar-refractivity contribution < 1.29 is 14.3 Å². The predicted octanol–water partition coefficient (Wildman–Crippen LogP) is 3.62. The normalized spacial score (nSPS) is 12.8. The van der Waals surface area contributed by atoms with Crippen molar-refractivity contribution in [1.29, 1.82) is 0 Å². The standard InChI is InChI=1S/C15H12ClNO3/c16-13-4-1-11(2-5-13)8-17-20-9-12-3-6-14-15(7-12)19-10-18-14/h1-8H,9-10H2/b17-8+. The van der Waals surface area contributed by atoms with Crippen LogP contribution in [0.5, 0.6) is 11.5 Å². The third-order valence-electron chi connectivity index (χ3n) is 2.81. The first-order valence-corrected chi connectivity index (χ1v) is 6.48. The van der Waals surface area contributed by atoms with E-state index in [4.69, 9.17) is 25.9 Å². The van der Waals surface area contributed by atoms with Crippen LogP contribution < -0.4 is 9.47 Å². The van der Waals surface area contributed by atoms with Gasteiger partial charge in [0.2, 0.25) is 6.79 Å². The lowest BCUT2D eigenvalue weighted by molar-refractivity contribution is 0.132. The molecule has 0 unspecified atom stereocenters. The monoisotopic (exact) mass is 289 g/mol. The summed E-state index contributed by atoms with van der Waals surface area (Å²) in [6.07, 6.45) is 1.64. The maximum Gasteiger partial charge on any atom is 0.231 e. The number of benzene rings is 2. The molecule has 2 aromatic rings. The van der Waals surface area contributed by atoms with Crippen molar-refractivity contribution in [2.75, 3.05) is 6.79 Å². The molecule has 0 aromatic heterocycles. The van der Waals surface area contributed by atoms with Crippen molar-refractivity contribution in [1.82, 2.24) is 0 Å². The molecular formula is C15H12ClNO3. The molecule has 3 rings (SSSR count). The summed E-state index contributed by atoms with van der Waals surface area (Å²) in [4.78, 5) is 5.25. The highest BCUT2D eigenvalue weighted by atomic mass is 35.5. The highest BCUT2D eigenvalue weighted by molar-refractivity contribution is 6.30. The van der Waals surface area contributed by atoms with E-state index in [9.17, 15) is 0 Å². The maximum atomic E-state index is 5.80. The first-order chi connectivity index (χ1) is 9.81. The Morgan fingerprint density at radius 1 is 1.10 bits per heavy atom. The molecule has 0 saturated heterocycles. The molecule has 4 nitrogen and oxygen atoms in total. The molecule has 2 aromatic carbocycles. The first-order valence-electron chi connectivity index (χ1n) is 6.11. The van der Waals surface area contributed by atoms with Crippen molar-refractivity contribution in [3.05, 3.63) is 58.6 Å². The van der Waals surface area contributed by atoms with Gasteiger partial charge in [0.1, 0.15) is 6.61 Å². The van der Waals surface area contributed by atoms with Crippen LogP contribution >= 0.6 is 11.6 Å². The van der Waals surface area contributed by atoms with E-state index in [2.05, 4.69) is 5.16 Å². The van der Waals surface area contributed by atoms with Crippen LogP contribution in [0.15, 0.2) is 47.6 Å². The van der Waals surface area contributed by atoms with E-state index in [1.165, 1.54) is 0 Å². The number of hydrogen-bond acceptors (Lipinski definition) is 4. The Hall–Kier alpha value is -2.20. The van der Waals surface area contributed by atoms with Crippen molar-refractivity contribution in [3.63, 3.8) is 0 Å². The molecule has 0 spiro atoms. The predicted molar refractivity (Wildman–Crippen MR) is 76.4 cm³/mol. The molecule has 0 radical (unpaired) electrons. The molecule has 0 bridgehead atoms. The van der Waals surface area contributed by atoms with Gasteiger partial charge in [-0.1, -0.05) is 35.0 Å². The van der Waals surface area contributed by atoms with Crippen LogP contribution in [0.4, 0.5) is 0 Å². The smallest absolute Gasteiger partial charge is 0.231 e. The number of ether oxygens (including phenoxy) is 2. The van der Waals surface area contributed by atoms with Crippen LogP contribution in [0.1, 0.15) is 11.1 Å². The summed E-state index contributed by atoms with van der Waals surface area (Å²) >= 11 is 5.80. The highest BCUT2D eigenvalue weighted by Crippen LogP contribution is 2.32. The molecule has 0 N–H and O–H groups in total. The summed E-state index contributed by atoms with van der Waals surface area (Å²) < 4.78 is 10.5. The third-order valence-corrected chi connectivity index (χ3v) is 3.07. The van der Waals surface area contributed by atoms with E-state index in [0.29, 0.717) is 11.6 Å². The molecule has 0 fully saturated rings. The fourth-order valence-corrected chi connectivity index (χ4v) is 1.92. The molecule has 5 heteroatoms. The third kappa shape index (κ3) is 3.03. The van der Waals surface area contributed by atoms with Gasteiger partial charge in [0, 0.05) is 5.02 Å². The summed E-state index contributed by atoms with van der Waals surface area (Å²) in [6.45, 7) is 0.648. The molecular weight excluding hydrogens is 278 g/mol. The topological polar surface area (TPSA) is 40.0 Å². The lowest BCUT2D eigenvalue weighted by Gasteiger charge is -2.01. The van der Waals surface area contributed by atoms with E-state index in [0.717, 1.165) is 22.6 Å². The van der Waals surface area contributed by atoms with E-state index < -0.39 is 0 Å². The number of oxime groups is 1. The number of nitrogens with zero attached hydrogens (tertiary/aromatic N) is 1. The van der Waals surface area contributed by atoms with Crippen molar-refractivity contribution >= 4 is 17.8 Å². The van der Waals surface area contributed by atoms with Crippen LogP contribution in [-0.4, -0.2) is 13.0 Å². The Morgan fingerprint density at radius 2 is 1.90 bits per heavy atom. The van der Waals surface area contributed by atoms with Crippen LogP contribution in [0, 0.1) is 0 Å². The van der Waals surface area contributed by atoms with E-state index in [1.54, 1.807) is 18.3 Å². The van der Waals surface area contributed by atoms with Gasteiger partial charge in [0.15, 0.2) is 11.5 Å². The van der Waals surface area contributed by atoms with Crippen LogP contribution in [-0.2, 0) is 11.4 Å². The maximum absolute atomic E-state index is 5.80. The second-order valence-electron chi connectivity index (χ2n) is 4.25. The minimum absolute atomic E-state index is 0.272. The van der Waals surface area contributed by atoms with E-state index in [1.807, 2.05) is 30.3 Å². The quantitative estimate of drug-likeness (QED) is 0.637. The summed E-state index contributed by atoms with van der Waals surface area (Å²) in [5.74, 6) is 1.51. The van der Waals surface area contributed by atoms with Gasteiger partial charge < -0.3 is 14.3 Å². The SMILES string of the molecule is Clc1ccc(/C=N/OCc2ccc3c(c2)OCO3)cc1. The van der Waals surface area contributed by atoms with Crippen LogP contribution in [0.25, 0.3) is 0 Å². The minimum atomic E-state index is 0.272. The molecule has 1 aliphatic heterocycles. The largest absolute Gasteiger partial charge is 0.454 e. The molecule has 0 amide bonds. The molecule has 0 aliphatic carbocycles. The molecule has 0 atom stereocenters. The average Bonchev–Trinajstić information content (AvgIpc) is 2.93. The zero-order valence-corrected chi connectivity index (χ0v) is 11.3. The Labute approximate surface area is 121 Å². The van der Waals surface area contributed by atoms with Crippen molar-refractivity contribution in [2.24, 2.45) is 5.16 Å². The summed E-state index contributed by atoms with van der Waals surface area (Å²) in [5, 5.41) is 4.62. The van der Waals surface area contributed by atoms with Gasteiger partial charge in [0.25, 0.3) is 0 Å². The number of rotatable bonds is 4. The Bertz CT molecular complexity index is 626. The minimum Gasteiger partial charge on any atom is -0.454 e. The second kappa shape index (κ2) is 5.84. The molecule has 1 aliphatic rings. The van der Waals surface area contributed by atoms with Gasteiger partial charge in [-0.2, -0.15) is 0 Å². The Kier molecular flexibility index (Phi) is 3.74. The van der Waals surface area contributed by atoms with E-state index in [-0.39, 0.29) is 6.79 Å². The van der Waals surface area contributed by atoms with E-state index >= 15 is 0 Å². The fraction of sp³-hybridized carbons (Fsp3) is 0.133. The zero-order valence-electron chi connectivity index (χ0n) is 10.6. The Balaban J connectivity index is 1.56. The van der Waals surface area contributed by atoms with Crippen molar-refractivity contribution in [2.45, 2.75) is 6.61 Å². The summed E-state index contributed by atoms with van der Waals surface area (Å²) in [7, 11) is 0. The van der Waals surface area contributed by atoms with Gasteiger partial charge >= 0.3 is 0 Å². The number of fused-ring (bicyclic) bond motifs is 1. The number of halogens is 1. The molecule has 0 saturated carbocycles. The van der Waals surface area contributed by atoms with Gasteiger partial charge in [-0.15, -0.1) is 0 Å². The average molecular weight is 290 g/mol. The van der Waals surface area contributed by atoms with Crippen molar-refractivity contribution in [3.8, 4) is 11.5 Å². The zero-order chi connectivity index (χ0) is 13.8. The van der Waals surface area contributed by atoms with Gasteiger partial charge in [-0.05, 0) is 35.4 Å². The molecule has 1 heterocycles.